The Labute approximate surface area is 171 Å². The van der Waals surface area contributed by atoms with Gasteiger partial charge in [0.05, 0.1) is 17.8 Å². The van der Waals surface area contributed by atoms with E-state index in [0.29, 0.717) is 10.0 Å². The smallest absolute Gasteiger partial charge is 0.118 e. The van der Waals surface area contributed by atoms with Crippen LogP contribution in [-0.4, -0.2) is 19.2 Å². The first-order chi connectivity index (χ1) is 12.6. The maximum atomic E-state index is 6.36. The van der Waals surface area contributed by atoms with Crippen LogP contribution in [0.5, 0.6) is 5.75 Å². The van der Waals surface area contributed by atoms with Crippen LogP contribution in [0.4, 0.5) is 5.69 Å². The molecule has 0 aliphatic rings. The van der Waals surface area contributed by atoms with E-state index < -0.39 is 0 Å². The molecule has 0 fully saturated rings. The number of ether oxygens (including phenoxy) is 1. The van der Waals surface area contributed by atoms with E-state index in [9.17, 15) is 0 Å². The minimum absolute atomic E-state index is 0.186. The highest BCUT2D eigenvalue weighted by Crippen LogP contribution is 2.35. The second-order valence-electron chi connectivity index (χ2n) is 7.12. The number of rotatable bonds is 7. The molecule has 6 heteroatoms. The van der Waals surface area contributed by atoms with Crippen LogP contribution in [0.2, 0.25) is 10.0 Å². The van der Waals surface area contributed by atoms with Gasteiger partial charge in [-0.1, -0.05) is 49.2 Å². The van der Waals surface area contributed by atoms with Crippen LogP contribution >= 0.6 is 23.2 Å². The summed E-state index contributed by atoms with van der Waals surface area (Å²) in [6.45, 7) is 6.12. The van der Waals surface area contributed by atoms with E-state index in [1.54, 1.807) is 19.2 Å². The molecule has 146 valence electrons. The molecule has 0 aliphatic heterocycles. The number of halogens is 2. The van der Waals surface area contributed by atoms with Gasteiger partial charge in [0, 0.05) is 28.2 Å². The zero-order chi connectivity index (χ0) is 20.2. The number of nitrogens with two attached hydrogens (primary N) is 2. The summed E-state index contributed by atoms with van der Waals surface area (Å²) in [5.74, 6) is 0.807. The third kappa shape index (κ3) is 5.39. The lowest BCUT2D eigenvalue weighted by Crippen LogP contribution is -2.39. The van der Waals surface area contributed by atoms with Crippen LogP contribution < -0.4 is 21.5 Å². The van der Waals surface area contributed by atoms with Gasteiger partial charge in [-0.05, 0) is 48.9 Å². The second kappa shape index (κ2) is 8.98. The first-order valence-corrected chi connectivity index (χ1v) is 9.51. The van der Waals surface area contributed by atoms with E-state index in [0.717, 1.165) is 22.7 Å². The molecule has 2 aromatic rings. The molecule has 4 nitrogen and oxygen atoms in total. The third-order valence-electron chi connectivity index (χ3n) is 4.65. The summed E-state index contributed by atoms with van der Waals surface area (Å²) in [7, 11) is 1.65. The monoisotopic (exact) mass is 407 g/mol. The fourth-order valence-electron chi connectivity index (χ4n) is 2.65. The normalized spacial score (nSPS) is 14.6. The van der Waals surface area contributed by atoms with E-state index in [1.165, 1.54) is 0 Å². The highest BCUT2D eigenvalue weighted by Gasteiger charge is 2.27. The predicted molar refractivity (Wildman–Crippen MR) is 116 cm³/mol. The van der Waals surface area contributed by atoms with Gasteiger partial charge in [0.2, 0.25) is 0 Å². The van der Waals surface area contributed by atoms with Crippen molar-refractivity contribution >= 4 is 28.9 Å². The molecule has 2 aromatic carbocycles. The van der Waals surface area contributed by atoms with Crippen LogP contribution in [0.15, 0.2) is 54.2 Å². The minimum Gasteiger partial charge on any atom is -0.497 e. The fraction of sp³-hybridized carbons (Fsp3) is 0.333. The van der Waals surface area contributed by atoms with Gasteiger partial charge >= 0.3 is 0 Å². The molecule has 27 heavy (non-hydrogen) atoms. The van der Waals surface area contributed by atoms with Crippen molar-refractivity contribution in [2.75, 3.05) is 12.4 Å². The maximum absolute atomic E-state index is 6.36. The molecular weight excluding hydrogens is 381 g/mol. The molecule has 0 aliphatic carbocycles. The Morgan fingerprint density at radius 1 is 1.11 bits per heavy atom. The number of hydrogen-bond acceptors (Lipinski definition) is 4. The van der Waals surface area contributed by atoms with Crippen LogP contribution in [0, 0.1) is 0 Å². The molecule has 0 spiro atoms. The Morgan fingerprint density at radius 3 is 2.26 bits per heavy atom. The average molecular weight is 408 g/mol. The summed E-state index contributed by atoms with van der Waals surface area (Å²) in [5.41, 5.74) is 14.6. The van der Waals surface area contributed by atoms with Crippen molar-refractivity contribution in [2.45, 2.75) is 38.3 Å². The molecule has 2 atom stereocenters. The molecule has 0 saturated heterocycles. The van der Waals surface area contributed by atoms with E-state index in [4.69, 9.17) is 39.4 Å². The van der Waals surface area contributed by atoms with Crippen molar-refractivity contribution in [3.05, 3.63) is 69.8 Å². The number of anilines is 1. The largest absolute Gasteiger partial charge is 0.497 e. The summed E-state index contributed by atoms with van der Waals surface area (Å²) < 4.78 is 5.26. The summed E-state index contributed by atoms with van der Waals surface area (Å²) >= 11 is 12.4. The molecule has 0 aromatic heterocycles. The lowest BCUT2D eigenvalue weighted by atomic mass is 9.80. The molecule has 2 unspecified atom stereocenters. The van der Waals surface area contributed by atoms with Gasteiger partial charge in [0.25, 0.3) is 0 Å². The second-order valence-corrected chi connectivity index (χ2v) is 7.96. The minimum atomic E-state index is -0.373. The maximum Gasteiger partial charge on any atom is 0.118 e. The van der Waals surface area contributed by atoms with Crippen molar-refractivity contribution < 1.29 is 4.74 Å². The molecule has 0 bridgehead atoms. The van der Waals surface area contributed by atoms with E-state index in [1.807, 2.05) is 43.3 Å². The van der Waals surface area contributed by atoms with Gasteiger partial charge in [-0.3, -0.25) is 0 Å². The number of methoxy groups -OCH3 is 1. The highest BCUT2D eigenvalue weighted by molar-refractivity contribution is 6.36. The molecule has 0 radical (unpaired) electrons. The van der Waals surface area contributed by atoms with Crippen LogP contribution in [-0.2, 0) is 5.41 Å². The van der Waals surface area contributed by atoms with E-state index in [2.05, 4.69) is 19.2 Å². The van der Waals surface area contributed by atoms with Gasteiger partial charge < -0.3 is 21.5 Å². The van der Waals surface area contributed by atoms with Crippen LogP contribution in [0.3, 0.4) is 0 Å². The van der Waals surface area contributed by atoms with Gasteiger partial charge in [-0.25, -0.2) is 0 Å². The molecule has 2 rings (SSSR count). The number of hydrogen-bond donors (Lipinski definition) is 3. The zero-order valence-electron chi connectivity index (χ0n) is 16.1. The Bertz CT molecular complexity index is 802. The fourth-order valence-corrected chi connectivity index (χ4v) is 3.11. The summed E-state index contributed by atoms with van der Waals surface area (Å²) in [6.07, 6.45) is 1.96. The SMILES string of the molecule is COc1ccc(C(C)(C)/C(=C/C(N)C(C)N)Nc2ccc(Cl)cc2Cl)cc1. The van der Waals surface area contributed by atoms with E-state index in [-0.39, 0.29) is 17.5 Å². The topological polar surface area (TPSA) is 73.3 Å². The third-order valence-corrected chi connectivity index (χ3v) is 5.20. The average Bonchev–Trinajstić information content (AvgIpc) is 2.62. The quantitative estimate of drug-likeness (QED) is 0.606. The number of allylic oxidation sites excluding steroid dienone is 1. The summed E-state index contributed by atoms with van der Waals surface area (Å²) in [6, 6.07) is 12.8. The lowest BCUT2D eigenvalue weighted by Gasteiger charge is -2.31. The number of benzene rings is 2. The Balaban J connectivity index is 2.46. The first-order valence-electron chi connectivity index (χ1n) is 8.75. The standard InChI is InChI=1S/C21H27Cl2N3O/c1-13(24)18(25)12-20(26-19-10-7-15(22)11-17(19)23)21(2,3)14-5-8-16(27-4)9-6-14/h5-13,18,26H,24-25H2,1-4H3/b20-12-. The van der Waals surface area contributed by atoms with Crippen LogP contribution in [0.25, 0.3) is 0 Å². The Hall–Kier alpha value is -1.72. The molecule has 0 amide bonds. The lowest BCUT2D eigenvalue weighted by molar-refractivity contribution is 0.414. The van der Waals surface area contributed by atoms with E-state index >= 15 is 0 Å². The van der Waals surface area contributed by atoms with Gasteiger partial charge in [-0.15, -0.1) is 0 Å². The molecule has 0 saturated carbocycles. The predicted octanol–water partition coefficient (Wildman–Crippen LogP) is 4.95. The van der Waals surface area contributed by atoms with Crippen molar-refractivity contribution in [1.29, 1.82) is 0 Å². The van der Waals surface area contributed by atoms with Crippen molar-refractivity contribution in [1.82, 2.24) is 0 Å². The Kier molecular flexibility index (Phi) is 7.18. The summed E-state index contributed by atoms with van der Waals surface area (Å²) in [4.78, 5) is 0. The summed E-state index contributed by atoms with van der Waals surface area (Å²) in [5, 5.41) is 4.55. The highest BCUT2D eigenvalue weighted by atomic mass is 35.5. The van der Waals surface area contributed by atoms with Gasteiger partial charge in [-0.2, -0.15) is 0 Å². The van der Waals surface area contributed by atoms with Crippen molar-refractivity contribution in [3.8, 4) is 5.75 Å². The van der Waals surface area contributed by atoms with Crippen LogP contribution in [0.1, 0.15) is 26.3 Å². The zero-order valence-corrected chi connectivity index (χ0v) is 17.6. The molecular formula is C21H27Cl2N3O. The Morgan fingerprint density at radius 2 is 1.74 bits per heavy atom. The number of nitrogens with one attached hydrogen (secondary N) is 1. The van der Waals surface area contributed by atoms with Crippen molar-refractivity contribution in [3.63, 3.8) is 0 Å². The van der Waals surface area contributed by atoms with Gasteiger partial charge in [0.15, 0.2) is 0 Å². The van der Waals surface area contributed by atoms with Gasteiger partial charge in [0.1, 0.15) is 5.75 Å². The van der Waals surface area contributed by atoms with Crippen molar-refractivity contribution in [2.24, 2.45) is 11.5 Å². The molecule has 5 N–H and O–H groups in total. The molecule has 0 heterocycles. The first kappa shape index (κ1) is 21.6.